The molecule has 1 rings (SSSR count). The number of carboxylic acids is 2. The van der Waals surface area contributed by atoms with Gasteiger partial charge in [-0.3, -0.25) is 0 Å². The summed E-state index contributed by atoms with van der Waals surface area (Å²) >= 11 is 0. The normalized spacial score (nSPS) is 10.3. The standard InChI is InChI=1S/C15H25NO2.C2H2O4/c1-5-17-13-9-6-7-10-14(13)18-12-8-11-16-15(2,3)4;3-1(4)2(5)6/h6-7,9-10,16H,5,8,11-12H2,1-4H3;(H,3,4)(H,5,6). The SMILES string of the molecule is CCOc1ccccc1OCCCNC(C)(C)C.O=C(O)C(=O)O. The van der Waals surface area contributed by atoms with E-state index in [-0.39, 0.29) is 5.54 Å². The maximum Gasteiger partial charge on any atom is 0.414 e. The van der Waals surface area contributed by atoms with E-state index < -0.39 is 11.9 Å². The highest BCUT2D eigenvalue weighted by atomic mass is 16.5. The molecule has 1 aromatic carbocycles. The molecule has 0 amide bonds. The van der Waals surface area contributed by atoms with Gasteiger partial charge >= 0.3 is 11.9 Å². The second-order valence-electron chi connectivity index (χ2n) is 5.87. The molecule has 0 bridgehead atoms. The lowest BCUT2D eigenvalue weighted by atomic mass is 10.1. The van der Waals surface area contributed by atoms with E-state index in [0.717, 1.165) is 24.5 Å². The van der Waals surface area contributed by atoms with Gasteiger partial charge in [0.05, 0.1) is 13.2 Å². The predicted molar refractivity (Wildman–Crippen MR) is 90.8 cm³/mol. The predicted octanol–water partition coefficient (Wildman–Crippen LogP) is 2.40. The lowest BCUT2D eigenvalue weighted by molar-refractivity contribution is -0.159. The average molecular weight is 341 g/mol. The van der Waals surface area contributed by atoms with Crippen molar-refractivity contribution in [2.24, 2.45) is 0 Å². The molecule has 1 aromatic rings. The minimum atomic E-state index is -1.82. The fraction of sp³-hybridized carbons (Fsp3) is 0.529. The lowest BCUT2D eigenvalue weighted by Gasteiger charge is -2.20. The molecule has 0 saturated carbocycles. The highest BCUT2D eigenvalue weighted by Gasteiger charge is 2.08. The van der Waals surface area contributed by atoms with Gasteiger partial charge in [-0.2, -0.15) is 0 Å². The Morgan fingerprint density at radius 3 is 1.96 bits per heavy atom. The van der Waals surface area contributed by atoms with Crippen molar-refractivity contribution in [3.05, 3.63) is 24.3 Å². The van der Waals surface area contributed by atoms with Crippen LogP contribution in [0.1, 0.15) is 34.1 Å². The zero-order valence-electron chi connectivity index (χ0n) is 14.7. The molecule has 0 unspecified atom stereocenters. The van der Waals surface area contributed by atoms with Crippen LogP contribution in [0.25, 0.3) is 0 Å². The maximum absolute atomic E-state index is 9.10. The molecule has 0 spiro atoms. The molecule has 0 fully saturated rings. The van der Waals surface area contributed by atoms with Crippen LogP contribution >= 0.6 is 0 Å². The number of hydrogen-bond acceptors (Lipinski definition) is 5. The number of carbonyl (C=O) groups is 2. The number of hydrogen-bond donors (Lipinski definition) is 3. The Balaban J connectivity index is 0.000000754. The summed E-state index contributed by atoms with van der Waals surface area (Å²) in [4.78, 5) is 18.2. The third-order valence-corrected chi connectivity index (χ3v) is 2.57. The van der Waals surface area contributed by atoms with Crippen LogP contribution in [-0.4, -0.2) is 47.4 Å². The Bertz CT molecular complexity index is 498. The van der Waals surface area contributed by atoms with E-state index in [0.29, 0.717) is 13.2 Å². The van der Waals surface area contributed by atoms with Gasteiger partial charge < -0.3 is 25.0 Å². The van der Waals surface area contributed by atoms with Gasteiger partial charge in [-0.1, -0.05) is 12.1 Å². The van der Waals surface area contributed by atoms with E-state index in [1.807, 2.05) is 31.2 Å². The number of nitrogens with one attached hydrogen (secondary N) is 1. The van der Waals surface area contributed by atoms with Crippen molar-refractivity contribution in [3.8, 4) is 11.5 Å². The molecular formula is C17H27NO6. The number of rotatable bonds is 7. The van der Waals surface area contributed by atoms with Gasteiger partial charge in [-0.15, -0.1) is 0 Å². The quantitative estimate of drug-likeness (QED) is 0.516. The van der Waals surface area contributed by atoms with Crippen molar-refractivity contribution in [1.82, 2.24) is 5.32 Å². The van der Waals surface area contributed by atoms with Crippen molar-refractivity contribution in [2.45, 2.75) is 39.7 Å². The van der Waals surface area contributed by atoms with Crippen LogP contribution in [0.4, 0.5) is 0 Å². The van der Waals surface area contributed by atoms with Gasteiger partial charge in [-0.25, -0.2) is 9.59 Å². The Hall–Kier alpha value is -2.28. The summed E-state index contributed by atoms with van der Waals surface area (Å²) in [6.45, 7) is 10.8. The molecule has 0 aliphatic heterocycles. The number of aliphatic carboxylic acids is 2. The first-order chi connectivity index (χ1) is 11.2. The highest BCUT2D eigenvalue weighted by Crippen LogP contribution is 2.26. The Morgan fingerprint density at radius 2 is 1.54 bits per heavy atom. The lowest BCUT2D eigenvalue weighted by Crippen LogP contribution is -2.36. The van der Waals surface area contributed by atoms with Crippen LogP contribution in [0.15, 0.2) is 24.3 Å². The zero-order valence-corrected chi connectivity index (χ0v) is 14.7. The topological polar surface area (TPSA) is 105 Å². The first kappa shape index (κ1) is 21.7. The molecule has 24 heavy (non-hydrogen) atoms. The number of ether oxygens (including phenoxy) is 2. The van der Waals surface area contributed by atoms with Crippen molar-refractivity contribution < 1.29 is 29.3 Å². The molecule has 7 nitrogen and oxygen atoms in total. The first-order valence-electron chi connectivity index (χ1n) is 7.73. The number of benzene rings is 1. The van der Waals surface area contributed by atoms with Gasteiger partial charge in [0.15, 0.2) is 11.5 Å². The second-order valence-corrected chi connectivity index (χ2v) is 5.87. The molecule has 136 valence electrons. The summed E-state index contributed by atoms with van der Waals surface area (Å²) in [5.74, 6) is -2.00. The fourth-order valence-corrected chi connectivity index (χ4v) is 1.56. The van der Waals surface area contributed by atoms with Crippen molar-refractivity contribution in [3.63, 3.8) is 0 Å². The summed E-state index contributed by atoms with van der Waals surface area (Å²) in [6.07, 6.45) is 0.984. The van der Waals surface area contributed by atoms with Crippen molar-refractivity contribution in [1.29, 1.82) is 0 Å². The smallest absolute Gasteiger partial charge is 0.414 e. The third-order valence-electron chi connectivity index (χ3n) is 2.57. The third kappa shape index (κ3) is 11.3. The molecule has 0 aliphatic rings. The molecule has 0 aliphatic carbocycles. The Morgan fingerprint density at radius 1 is 1.04 bits per heavy atom. The largest absolute Gasteiger partial charge is 0.490 e. The minimum Gasteiger partial charge on any atom is -0.490 e. The second kappa shape index (κ2) is 11.3. The van der Waals surface area contributed by atoms with Crippen molar-refractivity contribution in [2.75, 3.05) is 19.8 Å². The highest BCUT2D eigenvalue weighted by molar-refractivity contribution is 6.27. The molecule has 0 saturated heterocycles. The monoisotopic (exact) mass is 341 g/mol. The van der Waals surface area contributed by atoms with Crippen LogP contribution in [0, 0.1) is 0 Å². The Kier molecular flexibility index (Phi) is 10.2. The molecule has 3 N–H and O–H groups in total. The molecule has 0 aromatic heterocycles. The minimum absolute atomic E-state index is 0.170. The van der Waals surface area contributed by atoms with E-state index in [1.54, 1.807) is 0 Å². The van der Waals surface area contributed by atoms with Crippen molar-refractivity contribution >= 4 is 11.9 Å². The van der Waals surface area contributed by atoms with E-state index in [9.17, 15) is 0 Å². The molecule has 0 atom stereocenters. The van der Waals surface area contributed by atoms with Crippen LogP contribution in [0.3, 0.4) is 0 Å². The van der Waals surface area contributed by atoms with Gasteiger partial charge in [0.1, 0.15) is 0 Å². The van der Waals surface area contributed by atoms with Crippen LogP contribution in [-0.2, 0) is 9.59 Å². The Labute approximate surface area is 142 Å². The summed E-state index contributed by atoms with van der Waals surface area (Å²) in [5, 5.41) is 18.2. The molecule has 0 heterocycles. The molecular weight excluding hydrogens is 314 g/mol. The van der Waals surface area contributed by atoms with E-state index >= 15 is 0 Å². The van der Waals surface area contributed by atoms with Gasteiger partial charge in [-0.05, 0) is 52.8 Å². The van der Waals surface area contributed by atoms with E-state index in [1.165, 1.54) is 0 Å². The van der Waals surface area contributed by atoms with Crippen LogP contribution in [0.5, 0.6) is 11.5 Å². The van der Waals surface area contributed by atoms with E-state index in [2.05, 4.69) is 26.1 Å². The van der Waals surface area contributed by atoms with E-state index in [4.69, 9.17) is 29.3 Å². The van der Waals surface area contributed by atoms with Crippen LogP contribution < -0.4 is 14.8 Å². The summed E-state index contributed by atoms with van der Waals surface area (Å²) in [5.41, 5.74) is 0.170. The number of para-hydroxylation sites is 2. The zero-order chi connectivity index (χ0) is 18.6. The van der Waals surface area contributed by atoms with Gasteiger partial charge in [0.25, 0.3) is 0 Å². The maximum atomic E-state index is 9.10. The first-order valence-corrected chi connectivity index (χ1v) is 7.73. The summed E-state index contributed by atoms with van der Waals surface area (Å²) in [7, 11) is 0. The van der Waals surface area contributed by atoms with Gasteiger partial charge in [0, 0.05) is 5.54 Å². The molecule has 0 radical (unpaired) electrons. The number of carboxylic acid groups (broad SMARTS) is 2. The summed E-state index contributed by atoms with van der Waals surface area (Å²) < 4.78 is 11.2. The van der Waals surface area contributed by atoms with Crippen LogP contribution in [0.2, 0.25) is 0 Å². The van der Waals surface area contributed by atoms with Gasteiger partial charge in [0.2, 0.25) is 0 Å². The average Bonchev–Trinajstić information content (AvgIpc) is 2.48. The fourth-order valence-electron chi connectivity index (χ4n) is 1.56. The molecule has 7 heteroatoms. The summed E-state index contributed by atoms with van der Waals surface area (Å²) in [6, 6.07) is 7.80.